The largest absolute Gasteiger partial charge is 0.494 e. The van der Waals surface area contributed by atoms with E-state index in [0.29, 0.717) is 36.0 Å². The van der Waals surface area contributed by atoms with Crippen LogP contribution in [0.3, 0.4) is 0 Å². The van der Waals surface area contributed by atoms with Crippen LogP contribution >= 0.6 is 0 Å². The molecule has 0 bridgehead atoms. The predicted octanol–water partition coefficient (Wildman–Crippen LogP) is 4.02. The summed E-state index contributed by atoms with van der Waals surface area (Å²) in [5.41, 5.74) is 2.45. The van der Waals surface area contributed by atoms with Gasteiger partial charge in [-0.25, -0.2) is 0 Å². The predicted molar refractivity (Wildman–Crippen MR) is 90.6 cm³/mol. The molecule has 4 nitrogen and oxygen atoms in total. The second-order valence-corrected chi connectivity index (χ2v) is 5.58. The van der Waals surface area contributed by atoms with E-state index < -0.39 is 0 Å². The molecule has 2 aromatic carbocycles. The molecular formula is C20H16O4. The Balaban J connectivity index is 1.63. The average molecular weight is 320 g/mol. The lowest BCUT2D eigenvalue weighted by atomic mass is 10.1. The van der Waals surface area contributed by atoms with Crippen molar-refractivity contribution in [2.24, 2.45) is 0 Å². The van der Waals surface area contributed by atoms with Gasteiger partial charge in [-0.05, 0) is 42.8 Å². The molecule has 0 aromatic heterocycles. The van der Waals surface area contributed by atoms with Crippen molar-refractivity contribution in [3.8, 4) is 17.2 Å². The van der Waals surface area contributed by atoms with Gasteiger partial charge in [-0.1, -0.05) is 18.2 Å². The molecule has 0 saturated carbocycles. The minimum absolute atomic E-state index is 0.118. The van der Waals surface area contributed by atoms with Gasteiger partial charge in [0.1, 0.15) is 23.9 Å². The summed E-state index contributed by atoms with van der Waals surface area (Å²) >= 11 is 0. The number of ether oxygens (including phenoxy) is 3. The lowest BCUT2D eigenvalue weighted by molar-refractivity contribution is 0.101. The number of hydrogen-bond donors (Lipinski definition) is 0. The monoisotopic (exact) mass is 320 g/mol. The Kier molecular flexibility index (Phi) is 3.58. The van der Waals surface area contributed by atoms with E-state index in [9.17, 15) is 4.79 Å². The minimum atomic E-state index is -0.118. The van der Waals surface area contributed by atoms with Gasteiger partial charge in [0.15, 0.2) is 5.76 Å². The summed E-state index contributed by atoms with van der Waals surface area (Å²) in [4.78, 5) is 12.5. The van der Waals surface area contributed by atoms with Gasteiger partial charge < -0.3 is 14.2 Å². The highest BCUT2D eigenvalue weighted by molar-refractivity contribution is 6.12. The van der Waals surface area contributed by atoms with E-state index in [2.05, 4.69) is 0 Å². The summed E-state index contributed by atoms with van der Waals surface area (Å²) in [6, 6.07) is 13.1. The van der Waals surface area contributed by atoms with Gasteiger partial charge in [-0.3, -0.25) is 4.79 Å². The van der Waals surface area contributed by atoms with Gasteiger partial charge >= 0.3 is 0 Å². The fraction of sp³-hybridized carbons (Fsp3) is 0.150. The van der Waals surface area contributed by atoms with E-state index in [-0.39, 0.29) is 5.78 Å². The molecule has 4 heteroatoms. The highest BCUT2D eigenvalue weighted by atomic mass is 16.5. The van der Waals surface area contributed by atoms with Gasteiger partial charge in [0, 0.05) is 11.6 Å². The number of carbonyl (C=O) groups is 1. The molecule has 2 aliphatic rings. The van der Waals surface area contributed by atoms with E-state index in [1.165, 1.54) is 0 Å². The zero-order chi connectivity index (χ0) is 16.5. The molecule has 0 N–H and O–H groups in total. The van der Waals surface area contributed by atoms with Crippen LogP contribution in [0.4, 0.5) is 0 Å². The quantitative estimate of drug-likeness (QED) is 0.801. The fourth-order valence-electron chi connectivity index (χ4n) is 2.81. The molecule has 0 unspecified atom stereocenters. The third-order valence-electron chi connectivity index (χ3n) is 3.92. The summed E-state index contributed by atoms with van der Waals surface area (Å²) in [5, 5.41) is 0. The summed E-state index contributed by atoms with van der Waals surface area (Å²) in [6.07, 6.45) is 3.76. The van der Waals surface area contributed by atoms with Crippen molar-refractivity contribution in [3.05, 3.63) is 71.0 Å². The zero-order valence-corrected chi connectivity index (χ0v) is 13.2. The third-order valence-corrected chi connectivity index (χ3v) is 3.92. The van der Waals surface area contributed by atoms with Gasteiger partial charge in [-0.2, -0.15) is 0 Å². The number of ketones is 1. The first-order chi connectivity index (χ1) is 11.7. The van der Waals surface area contributed by atoms with Crippen molar-refractivity contribution >= 4 is 11.9 Å². The first kappa shape index (κ1) is 14.6. The van der Waals surface area contributed by atoms with Crippen LogP contribution in [-0.2, 0) is 0 Å². The minimum Gasteiger partial charge on any atom is -0.494 e. The fourth-order valence-corrected chi connectivity index (χ4v) is 2.81. The van der Waals surface area contributed by atoms with Crippen molar-refractivity contribution in [1.29, 1.82) is 0 Å². The van der Waals surface area contributed by atoms with Gasteiger partial charge in [-0.15, -0.1) is 0 Å². The molecule has 0 aliphatic carbocycles. The molecule has 0 amide bonds. The average Bonchev–Trinajstić information content (AvgIpc) is 2.90. The summed E-state index contributed by atoms with van der Waals surface area (Å²) in [6.45, 7) is 2.90. The maximum atomic E-state index is 12.5. The molecule has 2 aliphatic heterocycles. The number of benzene rings is 2. The second-order valence-electron chi connectivity index (χ2n) is 5.58. The van der Waals surface area contributed by atoms with Crippen LogP contribution in [0.25, 0.3) is 6.08 Å². The molecule has 0 atom stereocenters. The van der Waals surface area contributed by atoms with Gasteiger partial charge in [0.25, 0.3) is 0 Å². The van der Waals surface area contributed by atoms with Crippen molar-refractivity contribution in [2.45, 2.75) is 6.92 Å². The SMILES string of the molecule is CCOc1ccc2c(c1)OC(=CC1=Cc3ccccc3OC1)C2=O. The number of Topliss-reactive ketones (excluding diaryl/α,β-unsaturated/α-hetero) is 1. The van der Waals surface area contributed by atoms with Crippen molar-refractivity contribution in [3.63, 3.8) is 0 Å². The van der Waals surface area contributed by atoms with Crippen LogP contribution < -0.4 is 14.2 Å². The number of fused-ring (bicyclic) bond motifs is 2. The smallest absolute Gasteiger partial charge is 0.231 e. The Morgan fingerprint density at radius 2 is 2.04 bits per heavy atom. The van der Waals surface area contributed by atoms with Gasteiger partial charge in [0.05, 0.1) is 12.2 Å². The highest BCUT2D eigenvalue weighted by Gasteiger charge is 2.28. The number of rotatable bonds is 3. The van der Waals surface area contributed by atoms with E-state index in [0.717, 1.165) is 16.9 Å². The van der Waals surface area contributed by atoms with E-state index in [1.54, 1.807) is 24.3 Å². The molecule has 2 heterocycles. The first-order valence-electron chi connectivity index (χ1n) is 7.88. The van der Waals surface area contributed by atoms with Gasteiger partial charge in [0.2, 0.25) is 5.78 Å². The molecule has 24 heavy (non-hydrogen) atoms. The molecule has 0 saturated heterocycles. The highest BCUT2D eigenvalue weighted by Crippen LogP contribution is 2.35. The van der Waals surface area contributed by atoms with E-state index >= 15 is 0 Å². The lowest BCUT2D eigenvalue weighted by Gasteiger charge is -2.15. The number of carbonyl (C=O) groups excluding carboxylic acids is 1. The Labute approximate surface area is 140 Å². The van der Waals surface area contributed by atoms with E-state index in [1.807, 2.05) is 37.3 Å². The van der Waals surface area contributed by atoms with Crippen molar-refractivity contribution < 1.29 is 19.0 Å². The first-order valence-corrected chi connectivity index (χ1v) is 7.88. The van der Waals surface area contributed by atoms with Crippen LogP contribution in [0.15, 0.2) is 59.9 Å². The van der Waals surface area contributed by atoms with Crippen LogP contribution in [0.2, 0.25) is 0 Å². The molecule has 0 radical (unpaired) electrons. The zero-order valence-electron chi connectivity index (χ0n) is 13.2. The summed E-state index contributed by atoms with van der Waals surface area (Å²) in [5.74, 6) is 2.28. The Hall–Kier alpha value is -3.01. The van der Waals surface area contributed by atoms with Crippen molar-refractivity contribution in [1.82, 2.24) is 0 Å². The molecule has 4 rings (SSSR count). The molecular weight excluding hydrogens is 304 g/mol. The maximum Gasteiger partial charge on any atom is 0.231 e. The standard InChI is InChI=1S/C20H16O4/c1-2-22-15-7-8-16-18(11-15)24-19(20(16)21)10-13-9-14-5-3-4-6-17(14)23-12-13/h3-11H,2,12H2,1H3. The lowest BCUT2D eigenvalue weighted by Crippen LogP contribution is -2.08. The third kappa shape index (κ3) is 2.56. The van der Waals surface area contributed by atoms with Crippen LogP contribution in [-0.4, -0.2) is 19.0 Å². The molecule has 120 valence electrons. The Morgan fingerprint density at radius 1 is 1.17 bits per heavy atom. The van der Waals surface area contributed by atoms with Crippen LogP contribution in [0.5, 0.6) is 17.2 Å². The summed E-state index contributed by atoms with van der Waals surface area (Å²) < 4.78 is 16.9. The van der Waals surface area contributed by atoms with E-state index in [4.69, 9.17) is 14.2 Å². The van der Waals surface area contributed by atoms with Crippen molar-refractivity contribution in [2.75, 3.05) is 13.2 Å². The maximum absolute atomic E-state index is 12.5. The molecule has 2 aromatic rings. The second kappa shape index (κ2) is 5.89. The van der Waals surface area contributed by atoms with Crippen LogP contribution in [0, 0.1) is 0 Å². The summed E-state index contributed by atoms with van der Waals surface area (Å²) in [7, 11) is 0. The number of allylic oxidation sites excluding steroid dienone is 1. The molecule has 0 spiro atoms. The normalized spacial score (nSPS) is 16.8. The number of hydrogen-bond acceptors (Lipinski definition) is 4. The topological polar surface area (TPSA) is 44.8 Å². The molecule has 0 fully saturated rings. The Morgan fingerprint density at radius 3 is 2.92 bits per heavy atom. The van der Waals surface area contributed by atoms with Crippen LogP contribution in [0.1, 0.15) is 22.8 Å². The number of para-hydroxylation sites is 1. The Bertz CT molecular complexity index is 877.